The van der Waals surface area contributed by atoms with E-state index < -0.39 is 0 Å². The quantitative estimate of drug-likeness (QED) is 0.802. The van der Waals surface area contributed by atoms with Crippen LogP contribution in [0.5, 0.6) is 0 Å². The molecule has 1 aromatic rings. The number of hydrogen-bond acceptors (Lipinski definition) is 4. The Labute approximate surface area is 132 Å². The van der Waals surface area contributed by atoms with E-state index in [1.54, 1.807) is 11.3 Å². The standard InChI is InChI=1S/C16H27N3OS/c1-4-6-7-14-16(20)19(10-9-18(3)5-2)15(17-14)13-8-11-21-12-13/h8,11-12,14-15,17H,4-7,9-10H2,1-3H3. The van der Waals surface area contributed by atoms with E-state index in [-0.39, 0.29) is 18.1 Å². The van der Waals surface area contributed by atoms with Crippen molar-refractivity contribution < 1.29 is 4.79 Å². The second kappa shape index (κ2) is 7.92. The fourth-order valence-electron chi connectivity index (χ4n) is 2.68. The van der Waals surface area contributed by atoms with Gasteiger partial charge in [-0.05, 0) is 42.4 Å². The van der Waals surface area contributed by atoms with E-state index in [0.717, 1.165) is 38.9 Å². The molecule has 1 amide bonds. The van der Waals surface area contributed by atoms with E-state index >= 15 is 0 Å². The van der Waals surface area contributed by atoms with Crippen molar-refractivity contribution in [1.82, 2.24) is 15.1 Å². The normalized spacial score (nSPS) is 22.5. The number of thiophene rings is 1. The highest BCUT2D eigenvalue weighted by Gasteiger charge is 2.38. The highest BCUT2D eigenvalue weighted by atomic mass is 32.1. The lowest BCUT2D eigenvalue weighted by Crippen LogP contribution is -2.37. The van der Waals surface area contributed by atoms with Crippen molar-refractivity contribution in [3.05, 3.63) is 22.4 Å². The Balaban J connectivity index is 2.06. The van der Waals surface area contributed by atoms with E-state index in [1.165, 1.54) is 5.56 Å². The molecule has 2 unspecified atom stereocenters. The predicted molar refractivity (Wildman–Crippen MR) is 88.4 cm³/mol. The van der Waals surface area contributed by atoms with Crippen LogP contribution < -0.4 is 5.32 Å². The first-order chi connectivity index (χ1) is 10.2. The monoisotopic (exact) mass is 309 g/mol. The maximum absolute atomic E-state index is 12.7. The number of amides is 1. The Morgan fingerprint density at radius 1 is 1.43 bits per heavy atom. The fraction of sp³-hybridized carbons (Fsp3) is 0.688. The summed E-state index contributed by atoms with van der Waals surface area (Å²) in [5.74, 6) is 0.268. The van der Waals surface area contributed by atoms with Crippen LogP contribution in [0.1, 0.15) is 44.8 Å². The first kappa shape index (κ1) is 16.5. The molecule has 0 saturated carbocycles. The van der Waals surface area contributed by atoms with Crippen molar-refractivity contribution in [2.24, 2.45) is 0 Å². The summed E-state index contributed by atoms with van der Waals surface area (Å²) in [7, 11) is 2.10. The lowest BCUT2D eigenvalue weighted by Gasteiger charge is -2.26. The zero-order valence-electron chi connectivity index (χ0n) is 13.3. The maximum atomic E-state index is 12.7. The fourth-order valence-corrected chi connectivity index (χ4v) is 3.36. The van der Waals surface area contributed by atoms with Crippen LogP contribution in [0.2, 0.25) is 0 Å². The Kier molecular flexibility index (Phi) is 6.21. The lowest BCUT2D eigenvalue weighted by atomic mass is 10.1. The average Bonchev–Trinajstić information content (AvgIpc) is 3.11. The molecule has 4 nitrogen and oxygen atoms in total. The maximum Gasteiger partial charge on any atom is 0.241 e. The molecule has 5 heteroatoms. The van der Waals surface area contributed by atoms with Crippen LogP contribution in [0.15, 0.2) is 16.8 Å². The van der Waals surface area contributed by atoms with Crippen molar-refractivity contribution in [1.29, 1.82) is 0 Å². The van der Waals surface area contributed by atoms with Crippen molar-refractivity contribution >= 4 is 17.2 Å². The van der Waals surface area contributed by atoms with Crippen LogP contribution in [0.3, 0.4) is 0 Å². The number of unbranched alkanes of at least 4 members (excludes halogenated alkanes) is 1. The van der Waals surface area contributed by atoms with Gasteiger partial charge in [-0.15, -0.1) is 0 Å². The molecule has 0 spiro atoms. The van der Waals surface area contributed by atoms with Crippen LogP contribution >= 0.6 is 11.3 Å². The Hall–Kier alpha value is -0.910. The Morgan fingerprint density at radius 2 is 2.24 bits per heavy atom. The molecule has 1 saturated heterocycles. The molecule has 0 radical (unpaired) electrons. The van der Waals surface area contributed by atoms with Crippen molar-refractivity contribution in [3.63, 3.8) is 0 Å². The van der Waals surface area contributed by atoms with Gasteiger partial charge in [0.25, 0.3) is 0 Å². The number of nitrogens with zero attached hydrogens (tertiary/aromatic N) is 2. The molecule has 1 aliphatic heterocycles. The van der Waals surface area contributed by atoms with Gasteiger partial charge in [0.15, 0.2) is 0 Å². The van der Waals surface area contributed by atoms with Gasteiger partial charge >= 0.3 is 0 Å². The summed E-state index contributed by atoms with van der Waals surface area (Å²) in [4.78, 5) is 16.9. The Bertz CT molecular complexity index is 435. The summed E-state index contributed by atoms with van der Waals surface area (Å²) >= 11 is 1.69. The third-order valence-corrected chi connectivity index (χ3v) is 4.92. The zero-order chi connectivity index (χ0) is 15.2. The molecule has 1 aromatic heterocycles. The molecule has 1 aliphatic rings. The van der Waals surface area contributed by atoms with Gasteiger partial charge in [-0.25, -0.2) is 0 Å². The molecule has 21 heavy (non-hydrogen) atoms. The third kappa shape index (κ3) is 4.05. The second-order valence-corrected chi connectivity index (χ2v) is 6.53. The summed E-state index contributed by atoms with van der Waals surface area (Å²) in [6.07, 6.45) is 3.22. The van der Waals surface area contributed by atoms with Gasteiger partial charge in [-0.1, -0.05) is 26.7 Å². The van der Waals surface area contributed by atoms with E-state index in [9.17, 15) is 4.79 Å². The predicted octanol–water partition coefficient (Wildman–Crippen LogP) is 2.69. The topological polar surface area (TPSA) is 35.6 Å². The average molecular weight is 309 g/mol. The molecule has 1 N–H and O–H groups in total. The van der Waals surface area contributed by atoms with Crippen molar-refractivity contribution in [2.75, 3.05) is 26.7 Å². The van der Waals surface area contributed by atoms with Crippen LogP contribution in [-0.4, -0.2) is 48.4 Å². The number of hydrogen-bond donors (Lipinski definition) is 1. The van der Waals surface area contributed by atoms with Crippen LogP contribution in [0, 0.1) is 0 Å². The first-order valence-electron chi connectivity index (χ1n) is 7.94. The van der Waals surface area contributed by atoms with Gasteiger partial charge in [0, 0.05) is 13.1 Å². The van der Waals surface area contributed by atoms with Crippen molar-refractivity contribution in [3.8, 4) is 0 Å². The van der Waals surface area contributed by atoms with E-state index in [0.29, 0.717) is 0 Å². The van der Waals surface area contributed by atoms with E-state index in [4.69, 9.17) is 0 Å². The summed E-state index contributed by atoms with van der Waals surface area (Å²) < 4.78 is 0. The number of carbonyl (C=O) groups is 1. The van der Waals surface area contributed by atoms with Crippen LogP contribution in [0.25, 0.3) is 0 Å². The number of rotatable bonds is 8. The molecule has 118 valence electrons. The van der Waals surface area contributed by atoms with Gasteiger partial charge in [0.2, 0.25) is 5.91 Å². The number of likely N-dealkylation sites (N-methyl/N-ethyl adjacent to an activating group) is 1. The van der Waals surface area contributed by atoms with Gasteiger partial charge in [-0.3, -0.25) is 10.1 Å². The highest BCUT2D eigenvalue weighted by Crippen LogP contribution is 2.28. The summed E-state index contributed by atoms with van der Waals surface area (Å²) in [6, 6.07) is 2.11. The minimum atomic E-state index is -0.0122. The van der Waals surface area contributed by atoms with Gasteiger partial charge in [-0.2, -0.15) is 11.3 Å². The number of carbonyl (C=O) groups excluding carboxylic acids is 1. The third-order valence-electron chi connectivity index (χ3n) is 4.22. The summed E-state index contributed by atoms with van der Waals surface area (Å²) in [6.45, 7) is 7.04. The largest absolute Gasteiger partial charge is 0.320 e. The first-order valence-corrected chi connectivity index (χ1v) is 8.88. The second-order valence-electron chi connectivity index (χ2n) is 5.75. The minimum Gasteiger partial charge on any atom is -0.320 e. The molecule has 0 aliphatic carbocycles. The SMILES string of the molecule is CCCCC1NC(c2ccsc2)N(CCN(C)CC)C1=O. The molecule has 2 rings (SSSR count). The highest BCUT2D eigenvalue weighted by molar-refractivity contribution is 7.07. The van der Waals surface area contributed by atoms with Gasteiger partial charge in [0.1, 0.15) is 6.17 Å². The van der Waals surface area contributed by atoms with Gasteiger partial charge in [0.05, 0.1) is 6.04 Å². The summed E-state index contributed by atoms with van der Waals surface area (Å²) in [5, 5.41) is 7.76. The molecular formula is C16H27N3OS. The smallest absolute Gasteiger partial charge is 0.241 e. The lowest BCUT2D eigenvalue weighted by molar-refractivity contribution is -0.130. The van der Waals surface area contributed by atoms with Gasteiger partial charge < -0.3 is 9.80 Å². The van der Waals surface area contributed by atoms with Crippen LogP contribution in [0.4, 0.5) is 0 Å². The van der Waals surface area contributed by atoms with E-state index in [2.05, 4.69) is 47.9 Å². The molecule has 2 atom stereocenters. The molecule has 0 aromatic carbocycles. The molecule has 0 bridgehead atoms. The summed E-state index contributed by atoms with van der Waals surface area (Å²) in [5.41, 5.74) is 1.21. The van der Waals surface area contributed by atoms with Crippen LogP contribution in [-0.2, 0) is 4.79 Å². The molecular weight excluding hydrogens is 282 g/mol. The van der Waals surface area contributed by atoms with Crippen molar-refractivity contribution in [2.45, 2.75) is 45.3 Å². The molecule has 2 heterocycles. The number of nitrogens with one attached hydrogen (secondary N) is 1. The molecule has 1 fully saturated rings. The zero-order valence-corrected chi connectivity index (χ0v) is 14.2. The van der Waals surface area contributed by atoms with E-state index in [1.807, 2.05) is 4.90 Å². The minimum absolute atomic E-state index is 0.0122. The Morgan fingerprint density at radius 3 is 2.86 bits per heavy atom.